The van der Waals surface area contributed by atoms with Gasteiger partial charge in [0.25, 0.3) is 0 Å². The molecule has 1 aliphatic rings. The van der Waals surface area contributed by atoms with Gasteiger partial charge in [-0.3, -0.25) is 4.79 Å². The number of thiocarbonyl (C=S) groups is 1. The number of hydrazine groups is 1. The Labute approximate surface area is 470 Å². The Balaban J connectivity index is 0.918. The number of hydrogen-bond acceptors (Lipinski definition) is 14. The largest absolute Gasteiger partial charge is 0.494 e. The van der Waals surface area contributed by atoms with Crippen molar-refractivity contribution < 1.29 is 46.4 Å². The minimum absolute atomic E-state index is 0.0864. The highest BCUT2D eigenvalue weighted by Crippen LogP contribution is 2.42. The Morgan fingerprint density at radius 2 is 1.56 bits per heavy atom. The summed E-state index contributed by atoms with van der Waals surface area (Å²) in [5.74, 6) is 8.09. The van der Waals surface area contributed by atoms with Crippen LogP contribution in [0.5, 0.6) is 23.0 Å². The molecule has 0 aliphatic carbocycles. The molecule has 0 saturated carbocycles. The summed E-state index contributed by atoms with van der Waals surface area (Å²) in [4.78, 5) is 29.3. The van der Waals surface area contributed by atoms with Crippen molar-refractivity contribution in [3.8, 4) is 40.2 Å². The first-order valence-electron chi connectivity index (χ1n) is 25.7. The van der Waals surface area contributed by atoms with Gasteiger partial charge in [0.15, 0.2) is 5.11 Å². The molecule has 0 saturated heterocycles. The van der Waals surface area contributed by atoms with Crippen LogP contribution < -0.4 is 45.3 Å². The lowest BCUT2D eigenvalue weighted by molar-refractivity contribution is -0.143. The van der Waals surface area contributed by atoms with Gasteiger partial charge < -0.3 is 49.0 Å². The number of benzene rings is 6. The van der Waals surface area contributed by atoms with Gasteiger partial charge in [-0.1, -0.05) is 42.5 Å². The maximum absolute atomic E-state index is 13.8. The number of nitriles is 1. The number of hydrogen-bond donors (Lipinski definition) is 2. The number of anilines is 4. The van der Waals surface area contributed by atoms with E-state index >= 15 is 0 Å². The molecule has 7 rings (SSSR count). The van der Waals surface area contributed by atoms with E-state index in [1.54, 1.807) is 70.0 Å². The lowest BCUT2D eigenvalue weighted by Crippen LogP contribution is -2.54. The van der Waals surface area contributed by atoms with E-state index in [4.69, 9.17) is 47.5 Å². The van der Waals surface area contributed by atoms with Gasteiger partial charge in [-0.25, -0.2) is 10.1 Å². The van der Waals surface area contributed by atoms with Crippen LogP contribution in [-0.2, 0) is 27.0 Å². The SMILES string of the molecule is CCOC(=O)CC(c1ccc(C)c(CN2CC(C)Oc3cc(OCCCCOc4ccc(-c5ccc(N(C(=S)N(C)c6ccc(C#N)c(C(F)(F)F)c6)C(C)(C)C=O)cc5)cc4)ccc3S2)c1)c1cc(N)c(N(C)N)c(OC)c1. The molecule has 0 aromatic heterocycles. The summed E-state index contributed by atoms with van der Waals surface area (Å²) in [6.45, 7) is 11.8. The summed E-state index contributed by atoms with van der Waals surface area (Å²) >= 11 is 7.42. The lowest BCUT2D eigenvalue weighted by atomic mass is 9.86. The number of nitrogens with zero attached hydrogens (tertiary/aromatic N) is 5. The molecule has 6 aromatic rings. The number of rotatable bonds is 21. The first-order chi connectivity index (χ1) is 37.6. The summed E-state index contributed by atoms with van der Waals surface area (Å²) in [7, 11) is 4.77. The first kappa shape index (κ1) is 59.2. The summed E-state index contributed by atoms with van der Waals surface area (Å²) in [6.07, 6.45) is -2.50. The van der Waals surface area contributed by atoms with Gasteiger partial charge >= 0.3 is 12.1 Å². The van der Waals surface area contributed by atoms with E-state index in [1.165, 1.54) is 23.0 Å². The fourth-order valence-electron chi connectivity index (χ4n) is 9.24. The highest BCUT2D eigenvalue weighted by Gasteiger charge is 2.36. The van der Waals surface area contributed by atoms with Gasteiger partial charge in [0.2, 0.25) is 0 Å². The molecule has 0 fully saturated rings. The zero-order valence-corrected chi connectivity index (χ0v) is 47.2. The van der Waals surface area contributed by atoms with Crippen LogP contribution in [0.4, 0.5) is 35.9 Å². The fourth-order valence-corrected chi connectivity index (χ4v) is 10.8. The van der Waals surface area contributed by atoms with Crippen molar-refractivity contribution in [2.75, 3.05) is 68.1 Å². The number of alkyl halides is 3. The molecule has 0 radical (unpaired) electrons. The zero-order chi connectivity index (χ0) is 57.2. The van der Waals surface area contributed by atoms with E-state index < -0.39 is 22.8 Å². The Morgan fingerprint density at radius 3 is 2.18 bits per heavy atom. The van der Waals surface area contributed by atoms with Crippen LogP contribution in [-0.4, -0.2) is 80.9 Å². The molecule has 0 amide bonds. The van der Waals surface area contributed by atoms with Gasteiger partial charge in [0.1, 0.15) is 41.1 Å². The second kappa shape index (κ2) is 26.0. The summed E-state index contributed by atoms with van der Waals surface area (Å²) < 4.78 is 73.5. The molecular weight excluding hydrogens is 1050 g/mol. The minimum atomic E-state index is -4.75. The van der Waals surface area contributed by atoms with E-state index in [9.17, 15) is 28.0 Å². The quantitative estimate of drug-likeness (QED) is 0.0102. The van der Waals surface area contributed by atoms with E-state index in [-0.39, 0.29) is 41.8 Å². The molecule has 14 nitrogen and oxygen atoms in total. The van der Waals surface area contributed by atoms with Crippen molar-refractivity contribution in [1.29, 1.82) is 5.26 Å². The second-order valence-corrected chi connectivity index (χ2v) is 21.2. The van der Waals surface area contributed by atoms with Crippen LogP contribution in [0.3, 0.4) is 0 Å². The average molecular weight is 1120 g/mol. The molecule has 4 N–H and O–H groups in total. The fraction of sp³-hybridized carbons (Fsp3) is 0.333. The van der Waals surface area contributed by atoms with Crippen molar-refractivity contribution in [3.05, 3.63) is 149 Å². The Bertz CT molecular complexity index is 3170. The number of aryl methyl sites for hydroxylation is 1. The summed E-state index contributed by atoms with van der Waals surface area (Å²) in [6, 6.07) is 36.0. The highest BCUT2D eigenvalue weighted by atomic mass is 32.2. The Hall–Kier alpha value is -7.50. The van der Waals surface area contributed by atoms with Crippen molar-refractivity contribution >= 4 is 64.3 Å². The number of carbonyl (C=O) groups excluding carboxylic acids is 2. The molecular formula is C60H66F3N7O7S2. The predicted molar refractivity (Wildman–Crippen MR) is 309 cm³/mol. The lowest BCUT2D eigenvalue weighted by Gasteiger charge is -2.39. The number of nitrogens with two attached hydrogens (primary N) is 2. The van der Waals surface area contributed by atoms with Gasteiger partial charge in [0.05, 0.1) is 66.7 Å². The number of carbonyl (C=O) groups is 2. The van der Waals surface area contributed by atoms with E-state index in [1.807, 2.05) is 72.8 Å². The van der Waals surface area contributed by atoms with Crippen molar-refractivity contribution in [1.82, 2.24) is 4.31 Å². The monoisotopic (exact) mass is 1120 g/mol. The molecule has 416 valence electrons. The number of aldehydes is 1. The zero-order valence-electron chi connectivity index (χ0n) is 45.6. The van der Waals surface area contributed by atoms with Crippen LogP contribution in [0, 0.1) is 18.3 Å². The maximum Gasteiger partial charge on any atom is 0.417 e. The molecule has 0 spiro atoms. The number of ether oxygens (including phenoxy) is 5. The second-order valence-electron chi connectivity index (χ2n) is 19.7. The predicted octanol–water partition coefficient (Wildman–Crippen LogP) is 12.3. The number of methoxy groups -OCH3 is 1. The molecule has 19 heteroatoms. The topological polar surface area (TPSA) is 169 Å². The van der Waals surface area contributed by atoms with Crippen LogP contribution in [0.2, 0.25) is 0 Å². The van der Waals surface area contributed by atoms with E-state index in [0.29, 0.717) is 60.6 Å². The van der Waals surface area contributed by atoms with Gasteiger partial charge in [-0.05, 0) is 172 Å². The van der Waals surface area contributed by atoms with Crippen LogP contribution >= 0.6 is 24.2 Å². The van der Waals surface area contributed by atoms with Crippen LogP contribution in [0.15, 0.2) is 120 Å². The van der Waals surface area contributed by atoms with Gasteiger partial charge in [0, 0.05) is 50.5 Å². The minimum Gasteiger partial charge on any atom is -0.494 e. The van der Waals surface area contributed by atoms with Crippen molar-refractivity contribution in [2.45, 2.75) is 89.1 Å². The normalized spacial score (nSPS) is 13.9. The Morgan fingerprint density at radius 1 is 0.911 bits per heavy atom. The molecule has 2 unspecified atom stereocenters. The third-order valence-corrected chi connectivity index (χ3v) is 14.9. The maximum atomic E-state index is 13.8. The number of esters is 1. The third-order valence-electron chi connectivity index (χ3n) is 13.4. The molecule has 1 heterocycles. The number of halogens is 3. The standard InChI is InChI=1S/C60H66F3N7O7S2/c1-9-74-56(72)33-50(44-29-52(65)57(68(7)66)54(30-44)73-8)42-13-12-38(2)45(28-42)36-69-35-39(3)77-53-32-49(24-25-55(53)79-69)76-27-11-10-26-75-48-22-17-41(18-23-48)40-14-19-46(20-15-40)70(59(4,5)37-71)58(78)67(6)47-21-16-43(34-64)51(31-47)60(61,62)63/h12-25,28-32,37,39,50H,9-11,26-27,33,35-36,65-66H2,1-8H3. The molecule has 1 aliphatic heterocycles. The molecule has 0 bridgehead atoms. The van der Waals surface area contributed by atoms with Crippen molar-refractivity contribution in [3.63, 3.8) is 0 Å². The molecule has 6 aromatic carbocycles. The first-order valence-corrected chi connectivity index (χ1v) is 26.9. The number of fused-ring (bicyclic) bond motifs is 1. The number of nitrogen functional groups attached to an aromatic ring is 1. The number of unbranched alkanes of at least 4 members (excludes halogenated alkanes) is 1. The van der Waals surface area contributed by atoms with Crippen molar-refractivity contribution in [2.24, 2.45) is 5.84 Å². The summed E-state index contributed by atoms with van der Waals surface area (Å²) in [5.41, 5.74) is 11.2. The summed E-state index contributed by atoms with van der Waals surface area (Å²) in [5, 5.41) is 10.8. The van der Waals surface area contributed by atoms with E-state index in [2.05, 4.69) is 30.3 Å². The smallest absolute Gasteiger partial charge is 0.417 e. The van der Waals surface area contributed by atoms with E-state index in [0.717, 1.165) is 75.3 Å². The molecule has 79 heavy (non-hydrogen) atoms. The average Bonchev–Trinajstić information content (AvgIpc) is 3.59. The van der Waals surface area contributed by atoms with Crippen LogP contribution in [0.1, 0.15) is 86.3 Å². The van der Waals surface area contributed by atoms with Gasteiger partial charge in [-0.15, -0.1) is 0 Å². The van der Waals surface area contributed by atoms with Crippen LogP contribution in [0.25, 0.3) is 11.1 Å². The molecule has 2 atom stereocenters. The third kappa shape index (κ3) is 14.6. The van der Waals surface area contributed by atoms with Gasteiger partial charge in [-0.2, -0.15) is 18.4 Å². The Kier molecular flexibility index (Phi) is 19.5. The highest BCUT2D eigenvalue weighted by molar-refractivity contribution is 7.97.